The molecular weight excluding hydrogens is 212 g/mol. The van der Waals surface area contributed by atoms with Gasteiger partial charge in [0, 0.05) is 0 Å². The van der Waals surface area contributed by atoms with Gasteiger partial charge in [-0.15, -0.1) is 0 Å². The molecule has 0 aliphatic carbocycles. The molecule has 1 aromatic heterocycles. The van der Waals surface area contributed by atoms with E-state index in [2.05, 4.69) is 5.32 Å². The largest absolute Gasteiger partial charge is 0.467 e. The third-order valence-electron chi connectivity index (χ3n) is 2.28. The van der Waals surface area contributed by atoms with E-state index in [1.807, 2.05) is 48.5 Å². The Morgan fingerprint density at radius 3 is 2.71 bits per heavy atom. The van der Waals surface area contributed by atoms with Crippen LogP contribution in [0.5, 0.6) is 0 Å². The van der Waals surface area contributed by atoms with Crippen molar-refractivity contribution in [3.8, 4) is 0 Å². The first kappa shape index (κ1) is 11.2. The lowest BCUT2D eigenvalue weighted by molar-refractivity contribution is 0.503. The molecule has 2 N–H and O–H groups in total. The summed E-state index contributed by atoms with van der Waals surface area (Å²) >= 11 is 0. The number of nitrogens with one attached hydrogen (secondary N) is 2. The number of furan rings is 1. The Morgan fingerprint density at radius 2 is 2.00 bits per heavy atom. The van der Waals surface area contributed by atoms with Crippen LogP contribution in [0.1, 0.15) is 11.3 Å². The highest BCUT2D eigenvalue weighted by Crippen LogP contribution is 2.01. The zero-order chi connectivity index (χ0) is 11.9. The Kier molecular flexibility index (Phi) is 3.76. The van der Waals surface area contributed by atoms with Crippen molar-refractivity contribution in [3.05, 3.63) is 66.1 Å². The summed E-state index contributed by atoms with van der Waals surface area (Å²) in [4.78, 5) is 0. The summed E-state index contributed by atoms with van der Waals surface area (Å²) in [5.74, 6) is 1.19. The molecule has 1 heterocycles. The maximum absolute atomic E-state index is 7.70. The van der Waals surface area contributed by atoms with E-state index < -0.39 is 0 Å². The summed E-state index contributed by atoms with van der Waals surface area (Å²) in [6.45, 7) is 0.533. The zero-order valence-electron chi connectivity index (χ0n) is 9.39. The van der Waals surface area contributed by atoms with Crippen LogP contribution in [0.25, 0.3) is 6.08 Å². The van der Waals surface area contributed by atoms with Gasteiger partial charge >= 0.3 is 0 Å². The lowest BCUT2D eigenvalue weighted by atomic mass is 10.2. The molecule has 0 radical (unpaired) electrons. The minimum atomic E-state index is 0.366. The topological polar surface area (TPSA) is 49.0 Å². The van der Waals surface area contributed by atoms with Crippen LogP contribution in [0.15, 0.2) is 59.2 Å². The highest BCUT2D eigenvalue weighted by atomic mass is 16.3. The van der Waals surface area contributed by atoms with Gasteiger partial charge in [-0.2, -0.15) is 0 Å². The molecule has 1 aromatic carbocycles. The SMILES string of the molecule is N=C(/C=C/c1ccccc1)NCc1ccco1. The second-order valence-electron chi connectivity index (χ2n) is 3.59. The van der Waals surface area contributed by atoms with Gasteiger partial charge < -0.3 is 9.73 Å². The molecule has 17 heavy (non-hydrogen) atoms. The minimum Gasteiger partial charge on any atom is -0.467 e. The first-order valence-electron chi connectivity index (χ1n) is 5.42. The van der Waals surface area contributed by atoms with E-state index in [-0.39, 0.29) is 0 Å². The smallest absolute Gasteiger partial charge is 0.122 e. The molecule has 0 unspecified atom stereocenters. The van der Waals surface area contributed by atoms with Crippen molar-refractivity contribution in [1.29, 1.82) is 5.41 Å². The monoisotopic (exact) mass is 226 g/mol. The molecule has 0 spiro atoms. The molecule has 0 aliphatic heterocycles. The fourth-order valence-electron chi connectivity index (χ4n) is 1.40. The fourth-order valence-corrected chi connectivity index (χ4v) is 1.40. The van der Waals surface area contributed by atoms with Gasteiger partial charge in [0.25, 0.3) is 0 Å². The van der Waals surface area contributed by atoms with Gasteiger partial charge in [-0.05, 0) is 23.8 Å². The van der Waals surface area contributed by atoms with Gasteiger partial charge in [0.2, 0.25) is 0 Å². The van der Waals surface area contributed by atoms with Gasteiger partial charge in [-0.3, -0.25) is 5.41 Å². The molecule has 2 rings (SSSR count). The zero-order valence-corrected chi connectivity index (χ0v) is 9.39. The molecule has 2 aromatic rings. The van der Waals surface area contributed by atoms with Crippen LogP contribution in [0, 0.1) is 5.41 Å². The average Bonchev–Trinajstić information content (AvgIpc) is 2.88. The van der Waals surface area contributed by atoms with Crippen molar-refractivity contribution in [2.45, 2.75) is 6.54 Å². The number of benzene rings is 1. The quantitative estimate of drug-likeness (QED) is 0.621. The highest BCUT2D eigenvalue weighted by Gasteiger charge is 1.95. The molecule has 0 amide bonds. The molecule has 0 aliphatic rings. The third kappa shape index (κ3) is 3.65. The lowest BCUT2D eigenvalue weighted by Crippen LogP contribution is -2.19. The van der Waals surface area contributed by atoms with Crippen molar-refractivity contribution in [2.75, 3.05) is 0 Å². The van der Waals surface area contributed by atoms with Crippen LogP contribution < -0.4 is 5.32 Å². The van der Waals surface area contributed by atoms with E-state index in [0.29, 0.717) is 12.4 Å². The van der Waals surface area contributed by atoms with Gasteiger partial charge in [0.15, 0.2) is 0 Å². The van der Waals surface area contributed by atoms with Crippen molar-refractivity contribution < 1.29 is 4.42 Å². The average molecular weight is 226 g/mol. The van der Waals surface area contributed by atoms with Gasteiger partial charge in [-0.1, -0.05) is 36.4 Å². The standard InChI is InChI=1S/C14H14N2O/c15-14(16-11-13-7-4-10-17-13)9-8-12-5-2-1-3-6-12/h1-10H,11H2,(H2,15,16)/b9-8+. The fraction of sp³-hybridized carbons (Fsp3) is 0.0714. The summed E-state index contributed by atoms with van der Waals surface area (Å²) in [6.07, 6.45) is 5.26. The summed E-state index contributed by atoms with van der Waals surface area (Å²) in [5.41, 5.74) is 1.08. The minimum absolute atomic E-state index is 0.366. The summed E-state index contributed by atoms with van der Waals surface area (Å²) in [7, 11) is 0. The maximum Gasteiger partial charge on any atom is 0.122 e. The Bertz CT molecular complexity index is 486. The predicted molar refractivity (Wildman–Crippen MR) is 68.8 cm³/mol. The van der Waals surface area contributed by atoms with Crippen LogP contribution in [0.3, 0.4) is 0 Å². The van der Waals surface area contributed by atoms with Crippen LogP contribution in [0.2, 0.25) is 0 Å². The second-order valence-corrected chi connectivity index (χ2v) is 3.59. The molecule has 0 saturated heterocycles. The van der Waals surface area contributed by atoms with E-state index in [0.717, 1.165) is 11.3 Å². The van der Waals surface area contributed by atoms with E-state index in [9.17, 15) is 0 Å². The third-order valence-corrected chi connectivity index (χ3v) is 2.28. The normalized spacial score (nSPS) is 10.6. The van der Waals surface area contributed by atoms with E-state index in [1.54, 1.807) is 12.3 Å². The molecule has 0 fully saturated rings. The van der Waals surface area contributed by atoms with Gasteiger partial charge in [-0.25, -0.2) is 0 Å². The summed E-state index contributed by atoms with van der Waals surface area (Å²) in [6, 6.07) is 13.6. The van der Waals surface area contributed by atoms with E-state index >= 15 is 0 Å². The molecule has 0 bridgehead atoms. The highest BCUT2D eigenvalue weighted by molar-refractivity contribution is 5.93. The van der Waals surface area contributed by atoms with Crippen molar-refractivity contribution >= 4 is 11.9 Å². The Hall–Kier alpha value is -2.29. The lowest BCUT2D eigenvalue weighted by Gasteiger charge is -2.01. The first-order chi connectivity index (χ1) is 8.34. The van der Waals surface area contributed by atoms with Crippen molar-refractivity contribution in [2.24, 2.45) is 0 Å². The molecule has 0 atom stereocenters. The van der Waals surface area contributed by atoms with Crippen LogP contribution in [-0.2, 0) is 6.54 Å². The molecule has 86 valence electrons. The molecular formula is C14H14N2O. The van der Waals surface area contributed by atoms with Gasteiger partial charge in [0.05, 0.1) is 12.8 Å². The van der Waals surface area contributed by atoms with Crippen molar-refractivity contribution in [1.82, 2.24) is 5.32 Å². The van der Waals surface area contributed by atoms with Crippen molar-refractivity contribution in [3.63, 3.8) is 0 Å². The number of amidine groups is 1. The van der Waals surface area contributed by atoms with Crippen LogP contribution in [-0.4, -0.2) is 5.84 Å². The molecule has 0 saturated carbocycles. The van der Waals surface area contributed by atoms with E-state index in [1.165, 1.54) is 0 Å². The number of hydrogen-bond donors (Lipinski definition) is 2. The number of hydrogen-bond acceptors (Lipinski definition) is 2. The van der Waals surface area contributed by atoms with Gasteiger partial charge in [0.1, 0.15) is 11.6 Å². The van der Waals surface area contributed by atoms with Crippen LogP contribution >= 0.6 is 0 Å². The maximum atomic E-state index is 7.70. The number of rotatable bonds is 4. The first-order valence-corrected chi connectivity index (χ1v) is 5.42. The summed E-state index contributed by atoms with van der Waals surface area (Å²) in [5, 5.41) is 10.7. The van der Waals surface area contributed by atoms with E-state index in [4.69, 9.17) is 9.83 Å². The van der Waals surface area contributed by atoms with Crippen LogP contribution in [0.4, 0.5) is 0 Å². The Balaban J connectivity index is 1.83. The Labute approximate surface area is 100 Å². The summed E-state index contributed by atoms with van der Waals surface area (Å²) < 4.78 is 5.16. The predicted octanol–water partition coefficient (Wildman–Crippen LogP) is 3.06. The Morgan fingerprint density at radius 1 is 1.18 bits per heavy atom. The molecule has 3 nitrogen and oxygen atoms in total. The molecule has 3 heteroatoms. The second kappa shape index (κ2) is 5.70.